The first-order valence-electron chi connectivity index (χ1n) is 7.19. The van der Waals surface area contributed by atoms with Gasteiger partial charge in [-0.1, -0.05) is 19.8 Å². The molecule has 114 valence electrons. The second kappa shape index (κ2) is 9.56. The zero-order valence-corrected chi connectivity index (χ0v) is 13.1. The van der Waals surface area contributed by atoms with E-state index in [1.165, 1.54) is 25.7 Å². The van der Waals surface area contributed by atoms with Crippen LogP contribution in [-0.4, -0.2) is 32.2 Å². The minimum atomic E-state index is -0.0876. The molecule has 3 N–H and O–H groups in total. The van der Waals surface area contributed by atoms with Crippen molar-refractivity contribution in [3.05, 3.63) is 0 Å². The van der Waals surface area contributed by atoms with Gasteiger partial charge in [0.1, 0.15) is 0 Å². The molecule has 0 saturated heterocycles. The molecule has 0 bridgehead atoms. The summed E-state index contributed by atoms with van der Waals surface area (Å²) in [4.78, 5) is 11.8. The third-order valence-electron chi connectivity index (χ3n) is 4.08. The number of ether oxygens (including phenoxy) is 1. The molecule has 1 saturated carbocycles. The average Bonchev–Trinajstić information content (AvgIpc) is 2.84. The predicted octanol–water partition coefficient (Wildman–Crippen LogP) is 2.11. The van der Waals surface area contributed by atoms with Crippen molar-refractivity contribution in [3.63, 3.8) is 0 Å². The lowest BCUT2D eigenvalue weighted by Crippen LogP contribution is -2.40. The largest absolute Gasteiger partial charge is 0.382 e. The smallest absolute Gasteiger partial charge is 0.224 e. The van der Waals surface area contributed by atoms with Gasteiger partial charge < -0.3 is 15.8 Å². The standard InChI is InChI=1S/C14H28N2O2.ClH/c1-3-18-9-8-14(6-4-5-7-14)11-16-13(17)12(2)10-15;/h12H,3-11,15H2,1-2H3,(H,16,17);1H. The highest BCUT2D eigenvalue weighted by Crippen LogP contribution is 2.40. The molecule has 5 heteroatoms. The number of rotatable bonds is 8. The first-order valence-corrected chi connectivity index (χ1v) is 7.19. The Labute approximate surface area is 123 Å². The normalized spacial score (nSPS) is 18.7. The summed E-state index contributed by atoms with van der Waals surface area (Å²) in [6, 6.07) is 0. The van der Waals surface area contributed by atoms with Crippen molar-refractivity contribution in [1.82, 2.24) is 5.32 Å². The molecule has 19 heavy (non-hydrogen) atoms. The van der Waals surface area contributed by atoms with E-state index in [0.717, 1.165) is 26.2 Å². The van der Waals surface area contributed by atoms with Gasteiger partial charge >= 0.3 is 0 Å². The quantitative estimate of drug-likeness (QED) is 0.674. The summed E-state index contributed by atoms with van der Waals surface area (Å²) in [7, 11) is 0. The van der Waals surface area contributed by atoms with E-state index in [1.54, 1.807) is 0 Å². The molecule has 0 aliphatic heterocycles. The van der Waals surface area contributed by atoms with Crippen LogP contribution in [-0.2, 0) is 9.53 Å². The van der Waals surface area contributed by atoms with Crippen LogP contribution in [0.3, 0.4) is 0 Å². The van der Waals surface area contributed by atoms with Gasteiger partial charge in [-0.15, -0.1) is 12.4 Å². The Kier molecular flexibility index (Phi) is 9.40. The van der Waals surface area contributed by atoms with Gasteiger partial charge in [0.05, 0.1) is 0 Å². The van der Waals surface area contributed by atoms with Crippen LogP contribution in [0, 0.1) is 11.3 Å². The van der Waals surface area contributed by atoms with Crippen molar-refractivity contribution in [3.8, 4) is 0 Å². The van der Waals surface area contributed by atoms with E-state index in [1.807, 2.05) is 13.8 Å². The summed E-state index contributed by atoms with van der Waals surface area (Å²) in [6.07, 6.45) is 6.01. The number of nitrogens with two attached hydrogens (primary N) is 1. The molecule has 1 amide bonds. The van der Waals surface area contributed by atoms with E-state index in [-0.39, 0.29) is 29.6 Å². The van der Waals surface area contributed by atoms with Crippen LogP contribution in [0.1, 0.15) is 46.0 Å². The summed E-state index contributed by atoms with van der Waals surface area (Å²) < 4.78 is 5.46. The lowest BCUT2D eigenvalue weighted by atomic mass is 9.82. The van der Waals surface area contributed by atoms with Gasteiger partial charge in [0.15, 0.2) is 0 Å². The third-order valence-corrected chi connectivity index (χ3v) is 4.08. The zero-order valence-electron chi connectivity index (χ0n) is 12.2. The summed E-state index contributed by atoms with van der Waals surface area (Å²) in [5.74, 6) is -0.00414. The minimum absolute atomic E-state index is 0. The minimum Gasteiger partial charge on any atom is -0.382 e. The van der Waals surface area contributed by atoms with E-state index in [9.17, 15) is 4.79 Å². The van der Waals surface area contributed by atoms with Crippen molar-refractivity contribution in [1.29, 1.82) is 0 Å². The summed E-state index contributed by atoms with van der Waals surface area (Å²) in [5, 5.41) is 3.07. The van der Waals surface area contributed by atoms with Crippen LogP contribution in [0.25, 0.3) is 0 Å². The second-order valence-corrected chi connectivity index (χ2v) is 5.51. The maximum atomic E-state index is 11.8. The molecule has 0 radical (unpaired) electrons. The number of carbonyl (C=O) groups is 1. The maximum absolute atomic E-state index is 11.8. The topological polar surface area (TPSA) is 64.3 Å². The number of amides is 1. The monoisotopic (exact) mass is 292 g/mol. The van der Waals surface area contributed by atoms with Crippen molar-refractivity contribution >= 4 is 18.3 Å². The van der Waals surface area contributed by atoms with Crippen LogP contribution >= 0.6 is 12.4 Å². The molecule has 0 aromatic carbocycles. The third kappa shape index (κ3) is 6.11. The van der Waals surface area contributed by atoms with Gasteiger partial charge in [-0.2, -0.15) is 0 Å². The average molecular weight is 293 g/mol. The molecule has 4 nitrogen and oxygen atoms in total. The summed E-state index contributed by atoms with van der Waals surface area (Å²) in [5.41, 5.74) is 5.77. The Morgan fingerprint density at radius 1 is 1.42 bits per heavy atom. The highest BCUT2D eigenvalue weighted by Gasteiger charge is 2.34. The van der Waals surface area contributed by atoms with E-state index in [2.05, 4.69) is 5.32 Å². The fourth-order valence-corrected chi connectivity index (χ4v) is 2.63. The molecule has 1 aliphatic rings. The van der Waals surface area contributed by atoms with Crippen molar-refractivity contribution in [2.45, 2.75) is 46.0 Å². The summed E-state index contributed by atoms with van der Waals surface area (Å²) in [6.45, 7) is 6.66. The predicted molar refractivity (Wildman–Crippen MR) is 80.5 cm³/mol. The first-order chi connectivity index (χ1) is 8.63. The molecule has 0 heterocycles. The van der Waals surface area contributed by atoms with E-state index in [4.69, 9.17) is 10.5 Å². The highest BCUT2D eigenvalue weighted by molar-refractivity contribution is 5.85. The van der Waals surface area contributed by atoms with Gasteiger partial charge in [-0.25, -0.2) is 0 Å². The van der Waals surface area contributed by atoms with Crippen LogP contribution in [0.4, 0.5) is 0 Å². The fraction of sp³-hybridized carbons (Fsp3) is 0.929. The van der Waals surface area contributed by atoms with Gasteiger partial charge in [0, 0.05) is 32.2 Å². The number of hydrogen-bond donors (Lipinski definition) is 2. The SMILES string of the molecule is CCOCCC1(CNC(=O)C(C)CN)CCCC1.Cl. The van der Waals surface area contributed by atoms with Gasteiger partial charge in [-0.3, -0.25) is 4.79 Å². The van der Waals surface area contributed by atoms with Crippen molar-refractivity contribution in [2.24, 2.45) is 17.1 Å². The van der Waals surface area contributed by atoms with Crippen LogP contribution in [0.2, 0.25) is 0 Å². The number of hydrogen-bond acceptors (Lipinski definition) is 3. The van der Waals surface area contributed by atoms with E-state index in [0.29, 0.717) is 6.54 Å². The summed E-state index contributed by atoms with van der Waals surface area (Å²) >= 11 is 0. The Balaban J connectivity index is 0.00000324. The Morgan fingerprint density at radius 3 is 2.58 bits per heavy atom. The second-order valence-electron chi connectivity index (χ2n) is 5.51. The Hall–Kier alpha value is -0.320. The zero-order chi connectivity index (χ0) is 13.4. The molecule has 1 aliphatic carbocycles. The van der Waals surface area contributed by atoms with E-state index < -0.39 is 0 Å². The Morgan fingerprint density at radius 2 is 2.05 bits per heavy atom. The molecule has 0 spiro atoms. The Bertz CT molecular complexity index is 256. The molecular formula is C14H29ClN2O2. The molecule has 0 aromatic heterocycles. The fourth-order valence-electron chi connectivity index (χ4n) is 2.63. The number of halogens is 1. The lowest BCUT2D eigenvalue weighted by Gasteiger charge is -2.29. The lowest BCUT2D eigenvalue weighted by molar-refractivity contribution is -0.124. The molecule has 1 fully saturated rings. The van der Waals surface area contributed by atoms with Crippen LogP contribution < -0.4 is 11.1 Å². The molecule has 1 rings (SSSR count). The van der Waals surface area contributed by atoms with E-state index >= 15 is 0 Å². The van der Waals surface area contributed by atoms with Crippen molar-refractivity contribution < 1.29 is 9.53 Å². The molecular weight excluding hydrogens is 264 g/mol. The van der Waals surface area contributed by atoms with Gasteiger partial charge in [0.2, 0.25) is 5.91 Å². The number of carbonyl (C=O) groups excluding carboxylic acids is 1. The maximum Gasteiger partial charge on any atom is 0.224 e. The van der Waals surface area contributed by atoms with Gasteiger partial charge in [-0.05, 0) is 31.6 Å². The highest BCUT2D eigenvalue weighted by atomic mass is 35.5. The van der Waals surface area contributed by atoms with Crippen LogP contribution in [0.15, 0.2) is 0 Å². The van der Waals surface area contributed by atoms with Crippen molar-refractivity contribution in [2.75, 3.05) is 26.3 Å². The first kappa shape index (κ1) is 18.7. The van der Waals surface area contributed by atoms with Crippen LogP contribution in [0.5, 0.6) is 0 Å². The molecule has 0 aromatic rings. The molecule has 1 unspecified atom stereocenters. The van der Waals surface area contributed by atoms with Gasteiger partial charge in [0.25, 0.3) is 0 Å². The number of nitrogens with one attached hydrogen (secondary N) is 1. The molecule has 1 atom stereocenters.